The van der Waals surface area contributed by atoms with Gasteiger partial charge in [0.1, 0.15) is 13.5 Å². The van der Waals surface area contributed by atoms with Crippen LogP contribution in [0.5, 0.6) is 0 Å². The normalized spacial score (nSPS) is 15.2. The topological polar surface area (TPSA) is 42.8 Å². The number of nitrogens with zero attached hydrogens (tertiary/aromatic N) is 4. The van der Waals surface area contributed by atoms with Crippen molar-refractivity contribution in [2.75, 3.05) is 44.5 Å². The zero-order valence-electron chi connectivity index (χ0n) is 30.4. The fourth-order valence-corrected chi connectivity index (χ4v) is 8.08. The van der Waals surface area contributed by atoms with Crippen LogP contribution >= 0.6 is 0 Å². The first-order chi connectivity index (χ1) is 22.5. The highest BCUT2D eigenvalue weighted by molar-refractivity contribution is 6.76. The first-order valence-electron chi connectivity index (χ1n) is 18.1. The van der Waals surface area contributed by atoms with Crippen molar-refractivity contribution in [3.8, 4) is 0 Å². The summed E-state index contributed by atoms with van der Waals surface area (Å²) in [5.74, 6) is 1.59. The van der Waals surface area contributed by atoms with Crippen LogP contribution in [0.3, 0.4) is 0 Å². The molecule has 6 nitrogen and oxygen atoms in total. The molecule has 3 aromatic carbocycles. The molecule has 256 valence electrons. The van der Waals surface area contributed by atoms with E-state index in [1.54, 1.807) is 0 Å². The van der Waals surface area contributed by atoms with Gasteiger partial charge in [-0.15, -0.1) is 0 Å². The number of piperidine rings is 1. The molecule has 0 atom stereocenters. The lowest BCUT2D eigenvalue weighted by molar-refractivity contribution is 0.0882. The summed E-state index contributed by atoms with van der Waals surface area (Å²) in [4.78, 5) is 10.4. The number of hydrogen-bond donors (Lipinski definition) is 0. The Morgan fingerprint density at radius 2 is 1.55 bits per heavy atom. The molecule has 0 amide bonds. The molecule has 0 aliphatic carbocycles. The zero-order valence-corrected chi connectivity index (χ0v) is 32.4. The minimum absolute atomic E-state index is 0.526. The molecule has 1 fully saturated rings. The Balaban J connectivity index is 1.33. The third-order valence-electron chi connectivity index (χ3n) is 9.53. The van der Waals surface area contributed by atoms with Crippen molar-refractivity contribution < 1.29 is 9.47 Å². The smallest absolute Gasteiger partial charge is 0.210 e. The average molecular weight is 673 g/mol. The number of hydrogen-bond acceptors (Lipinski definition) is 5. The summed E-state index contributed by atoms with van der Waals surface area (Å²) in [6.45, 7) is 23.7. The lowest BCUT2D eigenvalue weighted by atomic mass is 9.95. The van der Waals surface area contributed by atoms with Crippen molar-refractivity contribution in [1.29, 1.82) is 0 Å². The third kappa shape index (κ3) is 10.5. The van der Waals surface area contributed by atoms with Gasteiger partial charge in [0, 0.05) is 42.5 Å². The molecule has 0 unspecified atom stereocenters. The largest absolute Gasteiger partial charge is 0.361 e. The second kappa shape index (κ2) is 16.3. The number of benzene rings is 3. The predicted octanol–water partition coefficient (Wildman–Crippen LogP) is 9.49. The summed E-state index contributed by atoms with van der Waals surface area (Å²) in [5.41, 5.74) is 5.01. The maximum Gasteiger partial charge on any atom is 0.210 e. The Morgan fingerprint density at radius 1 is 0.851 bits per heavy atom. The minimum Gasteiger partial charge on any atom is -0.361 e. The van der Waals surface area contributed by atoms with Crippen LogP contribution in [-0.2, 0) is 29.2 Å². The number of anilines is 1. The van der Waals surface area contributed by atoms with Crippen LogP contribution in [0.1, 0.15) is 37.3 Å². The van der Waals surface area contributed by atoms with E-state index < -0.39 is 16.1 Å². The monoisotopic (exact) mass is 672 g/mol. The van der Waals surface area contributed by atoms with Gasteiger partial charge in [-0.1, -0.05) is 101 Å². The van der Waals surface area contributed by atoms with E-state index in [1.807, 2.05) is 0 Å². The molecule has 47 heavy (non-hydrogen) atoms. The molecular formula is C39H60N4O2Si2. The van der Waals surface area contributed by atoms with Gasteiger partial charge < -0.3 is 14.4 Å². The number of rotatable bonds is 17. The van der Waals surface area contributed by atoms with Crippen LogP contribution < -0.4 is 4.90 Å². The lowest BCUT2D eigenvalue weighted by Crippen LogP contribution is -2.40. The molecule has 0 N–H and O–H groups in total. The molecule has 0 saturated carbocycles. The van der Waals surface area contributed by atoms with Crippen molar-refractivity contribution in [2.45, 2.75) is 97.3 Å². The van der Waals surface area contributed by atoms with E-state index >= 15 is 0 Å². The van der Waals surface area contributed by atoms with Crippen molar-refractivity contribution >= 4 is 43.9 Å². The van der Waals surface area contributed by atoms with Gasteiger partial charge in [-0.3, -0.25) is 9.47 Å². The molecule has 0 bridgehead atoms. The number of aromatic nitrogens is 2. The molecule has 5 rings (SSSR count). The van der Waals surface area contributed by atoms with Gasteiger partial charge in [-0.25, -0.2) is 4.98 Å². The summed E-state index contributed by atoms with van der Waals surface area (Å²) in [6.07, 6.45) is 4.58. The molecule has 4 aromatic rings. The highest BCUT2D eigenvalue weighted by Crippen LogP contribution is 2.29. The van der Waals surface area contributed by atoms with Crippen molar-refractivity contribution in [2.24, 2.45) is 5.92 Å². The number of likely N-dealkylation sites (tertiary alicyclic amines) is 1. The zero-order chi connectivity index (χ0) is 33.4. The maximum atomic E-state index is 6.45. The molecule has 1 saturated heterocycles. The van der Waals surface area contributed by atoms with Crippen LogP contribution in [0.25, 0.3) is 21.8 Å². The maximum absolute atomic E-state index is 6.45. The van der Waals surface area contributed by atoms with Gasteiger partial charge in [-0.2, -0.15) is 0 Å². The van der Waals surface area contributed by atoms with Crippen LogP contribution in [0, 0.1) is 5.92 Å². The molecule has 2 heterocycles. The van der Waals surface area contributed by atoms with Gasteiger partial charge in [-0.05, 0) is 84.4 Å². The standard InChI is InChI=1S/C39H60N4O2Si2/c1-8-12-32-17-18-38-37(27-32)40-39(43(38)31-45-24-26-47(5,6)7)42(30-44-23-25-46(2,3)4)28-33-19-21-41(22-20-33)29-35-15-11-14-34-13-9-10-16-36(34)35/h9-11,13-18,27,33H,8,12,19-26,28-31H2,1-7H3. The number of fused-ring (bicyclic) bond motifs is 2. The summed E-state index contributed by atoms with van der Waals surface area (Å²) < 4.78 is 15.1. The fourth-order valence-electron chi connectivity index (χ4n) is 6.56. The van der Waals surface area contributed by atoms with Crippen LogP contribution in [0.4, 0.5) is 5.95 Å². The van der Waals surface area contributed by atoms with Gasteiger partial charge in [0.2, 0.25) is 5.95 Å². The van der Waals surface area contributed by atoms with Crippen molar-refractivity contribution in [3.63, 3.8) is 0 Å². The molecule has 1 aromatic heterocycles. The Morgan fingerprint density at radius 3 is 2.28 bits per heavy atom. The van der Waals surface area contributed by atoms with E-state index in [1.165, 1.54) is 40.8 Å². The van der Waals surface area contributed by atoms with Gasteiger partial charge in [0.15, 0.2) is 0 Å². The predicted molar refractivity (Wildman–Crippen MR) is 206 cm³/mol. The van der Waals surface area contributed by atoms with Crippen LogP contribution in [0.15, 0.2) is 60.7 Å². The third-order valence-corrected chi connectivity index (χ3v) is 12.9. The van der Waals surface area contributed by atoms with E-state index in [4.69, 9.17) is 14.5 Å². The fraction of sp³-hybridized carbons (Fsp3) is 0.564. The average Bonchev–Trinajstić information content (AvgIpc) is 3.38. The first-order valence-corrected chi connectivity index (χ1v) is 25.5. The van der Waals surface area contributed by atoms with Gasteiger partial charge in [0.25, 0.3) is 0 Å². The van der Waals surface area contributed by atoms with E-state index in [0.717, 1.165) is 75.3 Å². The van der Waals surface area contributed by atoms with Crippen LogP contribution in [-0.4, -0.2) is 70.2 Å². The van der Waals surface area contributed by atoms with Crippen molar-refractivity contribution in [3.05, 3.63) is 71.8 Å². The number of ether oxygens (including phenoxy) is 2. The summed E-state index contributed by atoms with van der Waals surface area (Å²) >= 11 is 0. The van der Waals surface area contributed by atoms with E-state index in [2.05, 4.69) is 121 Å². The van der Waals surface area contributed by atoms with E-state index in [9.17, 15) is 0 Å². The first kappa shape index (κ1) is 35.8. The molecule has 0 radical (unpaired) electrons. The summed E-state index contributed by atoms with van der Waals surface area (Å²) in [5, 5.41) is 2.71. The molecule has 1 aliphatic heterocycles. The molecule has 1 aliphatic rings. The van der Waals surface area contributed by atoms with E-state index in [-0.39, 0.29) is 0 Å². The van der Waals surface area contributed by atoms with Gasteiger partial charge in [0.05, 0.1) is 11.0 Å². The molecular weight excluding hydrogens is 613 g/mol. The van der Waals surface area contributed by atoms with Crippen LogP contribution in [0.2, 0.25) is 51.4 Å². The van der Waals surface area contributed by atoms with E-state index in [0.29, 0.717) is 19.4 Å². The Hall–Kier alpha value is -2.50. The number of imidazole rings is 1. The minimum atomic E-state index is -1.18. The SMILES string of the molecule is CCCc1ccc2c(c1)nc(N(COCC[Si](C)(C)C)CC1CCN(Cc3cccc4ccccc34)CC1)n2COCC[Si](C)(C)C. The lowest BCUT2D eigenvalue weighted by Gasteiger charge is -2.35. The van der Waals surface area contributed by atoms with Gasteiger partial charge >= 0.3 is 0 Å². The second-order valence-electron chi connectivity index (χ2n) is 16.2. The number of aryl methyl sites for hydroxylation is 1. The molecule has 0 spiro atoms. The Bertz CT molecular complexity index is 1560. The highest BCUT2D eigenvalue weighted by Gasteiger charge is 2.26. The highest BCUT2D eigenvalue weighted by atomic mass is 28.3. The summed E-state index contributed by atoms with van der Waals surface area (Å²) in [6, 6.07) is 24.7. The Kier molecular flexibility index (Phi) is 12.4. The quantitative estimate of drug-likeness (QED) is 0.0635. The Labute approximate surface area is 286 Å². The van der Waals surface area contributed by atoms with Crippen molar-refractivity contribution in [1.82, 2.24) is 14.5 Å². The second-order valence-corrected chi connectivity index (χ2v) is 27.4. The summed E-state index contributed by atoms with van der Waals surface area (Å²) in [7, 11) is -2.36. The molecule has 8 heteroatoms.